The molecule has 1 aromatic rings. The SMILES string of the molecule is CN(C)C(=O)[C@@]12CN(CC3CCCCC3)C[C@@H]1CN(C(=O)c1ccncc1)C2. The number of likely N-dealkylation sites (tertiary alicyclic amines) is 2. The van der Waals surface area contributed by atoms with E-state index in [-0.39, 0.29) is 17.7 Å². The van der Waals surface area contributed by atoms with Gasteiger partial charge in [-0.3, -0.25) is 14.6 Å². The topological polar surface area (TPSA) is 56.8 Å². The Bertz CT molecular complexity index is 717. The molecule has 0 N–H and O–H groups in total. The highest BCUT2D eigenvalue weighted by molar-refractivity contribution is 5.95. The summed E-state index contributed by atoms with van der Waals surface area (Å²) in [5, 5.41) is 0. The molecule has 1 aromatic heterocycles. The second kappa shape index (κ2) is 7.82. The van der Waals surface area contributed by atoms with Gasteiger partial charge in [-0.05, 0) is 30.9 Å². The summed E-state index contributed by atoms with van der Waals surface area (Å²) in [6.07, 6.45) is 10.0. The molecule has 3 heterocycles. The van der Waals surface area contributed by atoms with E-state index in [9.17, 15) is 9.59 Å². The van der Waals surface area contributed by atoms with E-state index >= 15 is 0 Å². The Morgan fingerprint density at radius 1 is 1.11 bits per heavy atom. The van der Waals surface area contributed by atoms with Crippen LogP contribution in [-0.4, -0.2) is 78.3 Å². The Balaban J connectivity index is 1.50. The van der Waals surface area contributed by atoms with E-state index in [1.807, 2.05) is 19.0 Å². The van der Waals surface area contributed by atoms with Crippen molar-refractivity contribution in [3.8, 4) is 0 Å². The molecule has 6 nitrogen and oxygen atoms in total. The zero-order valence-corrected chi connectivity index (χ0v) is 17.1. The second-order valence-corrected chi connectivity index (χ2v) is 9.17. The van der Waals surface area contributed by atoms with E-state index in [0.29, 0.717) is 18.7 Å². The van der Waals surface area contributed by atoms with Gasteiger partial charge in [0.15, 0.2) is 0 Å². The first kappa shape index (κ1) is 19.4. The third-order valence-electron chi connectivity index (χ3n) is 6.97. The van der Waals surface area contributed by atoms with Crippen molar-refractivity contribution in [3.05, 3.63) is 30.1 Å². The summed E-state index contributed by atoms with van der Waals surface area (Å²) in [4.78, 5) is 36.3. The molecule has 3 aliphatic rings. The minimum atomic E-state index is -0.457. The first-order chi connectivity index (χ1) is 13.5. The Hall–Kier alpha value is -1.95. The van der Waals surface area contributed by atoms with E-state index < -0.39 is 5.41 Å². The molecule has 2 saturated heterocycles. The molecule has 0 bridgehead atoms. The molecule has 3 fully saturated rings. The van der Waals surface area contributed by atoms with Crippen LogP contribution in [0.5, 0.6) is 0 Å². The molecule has 0 spiro atoms. The molecular formula is C22H32N4O2. The first-order valence-corrected chi connectivity index (χ1v) is 10.6. The summed E-state index contributed by atoms with van der Waals surface area (Å²) in [6.45, 7) is 4.01. The molecule has 1 aliphatic carbocycles. The Morgan fingerprint density at radius 3 is 2.50 bits per heavy atom. The highest BCUT2D eigenvalue weighted by atomic mass is 16.2. The largest absolute Gasteiger partial charge is 0.348 e. The fourth-order valence-electron chi connectivity index (χ4n) is 5.62. The fraction of sp³-hybridized carbons (Fsp3) is 0.682. The molecule has 28 heavy (non-hydrogen) atoms. The summed E-state index contributed by atoms with van der Waals surface area (Å²) >= 11 is 0. The fourth-order valence-corrected chi connectivity index (χ4v) is 5.62. The maximum Gasteiger partial charge on any atom is 0.254 e. The summed E-state index contributed by atoms with van der Waals surface area (Å²) in [7, 11) is 3.68. The molecule has 0 unspecified atom stereocenters. The van der Waals surface area contributed by atoms with E-state index in [1.54, 1.807) is 29.4 Å². The molecule has 152 valence electrons. The van der Waals surface area contributed by atoms with E-state index in [0.717, 1.165) is 25.6 Å². The maximum atomic E-state index is 13.2. The maximum absolute atomic E-state index is 13.2. The minimum Gasteiger partial charge on any atom is -0.348 e. The lowest BCUT2D eigenvalue weighted by atomic mass is 9.79. The van der Waals surface area contributed by atoms with Gasteiger partial charge in [0.1, 0.15) is 0 Å². The van der Waals surface area contributed by atoms with Gasteiger partial charge in [-0.1, -0.05) is 19.3 Å². The summed E-state index contributed by atoms with van der Waals surface area (Å²) in [5.41, 5.74) is 0.197. The molecule has 2 aliphatic heterocycles. The van der Waals surface area contributed by atoms with Crippen molar-refractivity contribution in [2.24, 2.45) is 17.3 Å². The quantitative estimate of drug-likeness (QED) is 0.798. The van der Waals surface area contributed by atoms with Crippen LogP contribution >= 0.6 is 0 Å². The van der Waals surface area contributed by atoms with Crippen LogP contribution in [0.15, 0.2) is 24.5 Å². The highest BCUT2D eigenvalue weighted by Crippen LogP contribution is 2.44. The van der Waals surface area contributed by atoms with Crippen LogP contribution in [0, 0.1) is 17.3 Å². The molecule has 4 rings (SSSR count). The van der Waals surface area contributed by atoms with Crippen LogP contribution in [0.25, 0.3) is 0 Å². The summed E-state index contributed by atoms with van der Waals surface area (Å²) in [6, 6.07) is 3.51. The molecule has 2 amide bonds. The lowest BCUT2D eigenvalue weighted by Crippen LogP contribution is -2.47. The van der Waals surface area contributed by atoms with Crippen molar-refractivity contribution in [1.82, 2.24) is 19.7 Å². The molecule has 2 atom stereocenters. The third-order valence-corrected chi connectivity index (χ3v) is 6.97. The Morgan fingerprint density at radius 2 is 1.82 bits per heavy atom. The third kappa shape index (κ3) is 3.54. The Labute approximate surface area is 167 Å². The molecule has 0 radical (unpaired) electrons. The van der Waals surface area contributed by atoms with Gasteiger partial charge in [-0.15, -0.1) is 0 Å². The predicted molar refractivity (Wildman–Crippen MR) is 108 cm³/mol. The van der Waals surface area contributed by atoms with Crippen LogP contribution in [-0.2, 0) is 4.79 Å². The van der Waals surface area contributed by atoms with E-state index in [1.165, 1.54) is 32.1 Å². The van der Waals surface area contributed by atoms with Gasteiger partial charge in [0.05, 0.1) is 5.41 Å². The van der Waals surface area contributed by atoms with E-state index in [2.05, 4.69) is 9.88 Å². The van der Waals surface area contributed by atoms with Gasteiger partial charge in [0.25, 0.3) is 5.91 Å². The lowest BCUT2D eigenvalue weighted by Gasteiger charge is -2.32. The number of rotatable bonds is 4. The van der Waals surface area contributed by atoms with Crippen molar-refractivity contribution >= 4 is 11.8 Å². The number of carbonyl (C=O) groups excluding carboxylic acids is 2. The van der Waals surface area contributed by atoms with Gasteiger partial charge in [0.2, 0.25) is 5.91 Å². The smallest absolute Gasteiger partial charge is 0.254 e. The van der Waals surface area contributed by atoms with Gasteiger partial charge in [-0.2, -0.15) is 0 Å². The van der Waals surface area contributed by atoms with Crippen LogP contribution in [0.3, 0.4) is 0 Å². The Kier molecular flexibility index (Phi) is 5.41. The van der Waals surface area contributed by atoms with Crippen molar-refractivity contribution in [3.63, 3.8) is 0 Å². The standard InChI is InChI=1S/C22H32N4O2/c1-24(2)21(28)22-15-25(12-17-6-4-3-5-7-17)13-19(22)14-26(16-22)20(27)18-8-10-23-11-9-18/h8-11,17,19H,3-7,12-16H2,1-2H3/t19-,22-/m1/s1. The van der Waals surface area contributed by atoms with E-state index in [4.69, 9.17) is 0 Å². The predicted octanol–water partition coefficient (Wildman–Crippen LogP) is 2.12. The van der Waals surface area contributed by atoms with Gasteiger partial charge in [0, 0.05) is 70.7 Å². The summed E-state index contributed by atoms with van der Waals surface area (Å²) in [5.74, 6) is 1.18. The highest BCUT2D eigenvalue weighted by Gasteiger charge is 2.58. The number of nitrogens with zero attached hydrogens (tertiary/aromatic N) is 4. The monoisotopic (exact) mass is 384 g/mol. The van der Waals surface area contributed by atoms with Crippen LogP contribution in [0.2, 0.25) is 0 Å². The van der Waals surface area contributed by atoms with Gasteiger partial charge >= 0.3 is 0 Å². The summed E-state index contributed by atoms with van der Waals surface area (Å²) < 4.78 is 0. The molecular weight excluding hydrogens is 352 g/mol. The van der Waals surface area contributed by atoms with Crippen LogP contribution < -0.4 is 0 Å². The van der Waals surface area contributed by atoms with Crippen molar-refractivity contribution in [2.45, 2.75) is 32.1 Å². The zero-order chi connectivity index (χ0) is 19.7. The van der Waals surface area contributed by atoms with Gasteiger partial charge in [-0.25, -0.2) is 0 Å². The number of hydrogen-bond acceptors (Lipinski definition) is 4. The number of fused-ring (bicyclic) bond motifs is 1. The van der Waals surface area contributed by atoms with Crippen molar-refractivity contribution in [2.75, 3.05) is 46.8 Å². The number of aromatic nitrogens is 1. The molecule has 1 saturated carbocycles. The molecule has 0 aromatic carbocycles. The lowest BCUT2D eigenvalue weighted by molar-refractivity contribution is -0.139. The first-order valence-electron chi connectivity index (χ1n) is 10.6. The van der Waals surface area contributed by atoms with Crippen LogP contribution in [0.1, 0.15) is 42.5 Å². The van der Waals surface area contributed by atoms with Crippen molar-refractivity contribution < 1.29 is 9.59 Å². The second-order valence-electron chi connectivity index (χ2n) is 9.17. The van der Waals surface area contributed by atoms with Crippen molar-refractivity contribution in [1.29, 1.82) is 0 Å². The molecule has 6 heteroatoms. The number of hydrogen-bond donors (Lipinski definition) is 0. The minimum absolute atomic E-state index is 0.0153. The number of pyridine rings is 1. The normalized spacial score (nSPS) is 28.4. The average molecular weight is 385 g/mol. The number of amides is 2. The van der Waals surface area contributed by atoms with Crippen LogP contribution in [0.4, 0.5) is 0 Å². The zero-order valence-electron chi connectivity index (χ0n) is 17.1. The van der Waals surface area contributed by atoms with Gasteiger partial charge < -0.3 is 14.7 Å². The number of carbonyl (C=O) groups is 2. The average Bonchev–Trinajstić information content (AvgIpc) is 3.23.